The average molecular weight is 353 g/mol. The van der Waals surface area contributed by atoms with Crippen LogP contribution >= 0.6 is 47.5 Å². The Morgan fingerprint density at radius 2 is 2.00 bits per heavy atom. The topological polar surface area (TPSA) is 9.23 Å². The van der Waals surface area contributed by atoms with E-state index < -0.39 is 0 Å². The summed E-state index contributed by atoms with van der Waals surface area (Å²) < 4.78 is 6.99. The summed E-state index contributed by atoms with van der Waals surface area (Å²) in [6.45, 7) is 4.98. The average Bonchev–Trinajstić information content (AvgIpc) is 2.45. The second-order valence-corrected chi connectivity index (χ2v) is 9.85. The number of ether oxygens (including phenoxy) is 1. The summed E-state index contributed by atoms with van der Waals surface area (Å²) in [4.78, 5) is 0. The van der Waals surface area contributed by atoms with Gasteiger partial charge in [-0.25, -0.2) is 0 Å². The summed E-state index contributed by atoms with van der Waals surface area (Å²) >= 11 is 11.4. The molecule has 118 valence electrons. The Balaban J connectivity index is 2.33. The van der Waals surface area contributed by atoms with Crippen LogP contribution in [0.25, 0.3) is 0 Å². The number of hydrogen-bond donors (Lipinski definition) is 0. The first kappa shape index (κ1) is 19.0. The van der Waals surface area contributed by atoms with Gasteiger partial charge in [0.1, 0.15) is 0 Å². The molecule has 0 spiro atoms. The standard InChI is InChI=1S/C15H28OS4/c1-3-5-6-7-9-13(20-15(17)16-4-2)12-14-18-10-8-11-19-14/h13-14H,3-12H2,1-2H3. The fourth-order valence-corrected chi connectivity index (χ4v) is 7.03. The maximum atomic E-state index is 5.47. The first-order valence-electron chi connectivity index (χ1n) is 7.82. The minimum absolute atomic E-state index is 0.647. The van der Waals surface area contributed by atoms with E-state index in [9.17, 15) is 0 Å². The van der Waals surface area contributed by atoms with Crippen molar-refractivity contribution < 1.29 is 4.74 Å². The van der Waals surface area contributed by atoms with Gasteiger partial charge >= 0.3 is 0 Å². The van der Waals surface area contributed by atoms with E-state index in [4.69, 9.17) is 17.0 Å². The zero-order valence-corrected chi connectivity index (χ0v) is 16.0. The Morgan fingerprint density at radius 1 is 1.25 bits per heavy atom. The fraction of sp³-hybridized carbons (Fsp3) is 0.933. The molecule has 1 heterocycles. The van der Waals surface area contributed by atoms with Crippen molar-refractivity contribution in [1.29, 1.82) is 0 Å². The van der Waals surface area contributed by atoms with E-state index >= 15 is 0 Å². The predicted molar refractivity (Wildman–Crippen MR) is 102 cm³/mol. The van der Waals surface area contributed by atoms with Crippen molar-refractivity contribution in [1.82, 2.24) is 0 Å². The predicted octanol–water partition coefficient (Wildman–Crippen LogP) is 5.97. The monoisotopic (exact) mass is 352 g/mol. The molecule has 1 nitrogen and oxygen atoms in total. The van der Waals surface area contributed by atoms with Crippen LogP contribution < -0.4 is 0 Å². The molecule has 0 aliphatic carbocycles. The highest BCUT2D eigenvalue weighted by Gasteiger charge is 2.21. The molecule has 1 saturated heterocycles. The Morgan fingerprint density at radius 3 is 2.65 bits per heavy atom. The second-order valence-electron chi connectivity index (χ2n) is 5.03. The van der Waals surface area contributed by atoms with Crippen LogP contribution in [-0.2, 0) is 4.74 Å². The third-order valence-electron chi connectivity index (χ3n) is 3.26. The molecule has 0 N–H and O–H groups in total. The zero-order valence-electron chi connectivity index (χ0n) is 12.8. The van der Waals surface area contributed by atoms with Crippen molar-refractivity contribution in [3.8, 4) is 0 Å². The van der Waals surface area contributed by atoms with Gasteiger partial charge in [-0.15, -0.1) is 23.5 Å². The summed E-state index contributed by atoms with van der Waals surface area (Å²) in [5.74, 6) is 2.67. The largest absolute Gasteiger partial charge is 0.479 e. The lowest BCUT2D eigenvalue weighted by atomic mass is 10.1. The molecule has 1 aliphatic heterocycles. The number of thiocarbonyl (C=S) groups is 1. The number of rotatable bonds is 9. The highest BCUT2D eigenvalue weighted by atomic mass is 32.2. The Kier molecular flexibility index (Phi) is 11.8. The molecular weight excluding hydrogens is 324 g/mol. The molecule has 0 amide bonds. The maximum absolute atomic E-state index is 5.47. The first-order valence-corrected chi connectivity index (χ1v) is 11.2. The van der Waals surface area contributed by atoms with E-state index in [-0.39, 0.29) is 0 Å². The van der Waals surface area contributed by atoms with Crippen molar-refractivity contribution in [3.63, 3.8) is 0 Å². The van der Waals surface area contributed by atoms with Crippen LogP contribution in [0, 0.1) is 0 Å². The van der Waals surface area contributed by atoms with Crippen LogP contribution in [0.2, 0.25) is 0 Å². The zero-order chi connectivity index (χ0) is 14.6. The van der Waals surface area contributed by atoms with Gasteiger partial charge in [0.25, 0.3) is 0 Å². The molecule has 20 heavy (non-hydrogen) atoms. The van der Waals surface area contributed by atoms with Crippen molar-refractivity contribution in [2.75, 3.05) is 18.1 Å². The molecule has 1 aliphatic rings. The number of hydrogen-bond acceptors (Lipinski definition) is 5. The van der Waals surface area contributed by atoms with Gasteiger partial charge in [0.2, 0.25) is 4.38 Å². The van der Waals surface area contributed by atoms with Crippen molar-refractivity contribution in [2.45, 2.75) is 68.6 Å². The lowest BCUT2D eigenvalue weighted by molar-refractivity contribution is 0.346. The fourth-order valence-electron chi connectivity index (χ4n) is 2.20. The van der Waals surface area contributed by atoms with E-state index in [1.807, 2.05) is 6.92 Å². The van der Waals surface area contributed by atoms with E-state index in [0.29, 0.717) is 11.9 Å². The van der Waals surface area contributed by atoms with Crippen LogP contribution in [0.15, 0.2) is 0 Å². The van der Waals surface area contributed by atoms with Crippen molar-refractivity contribution >= 4 is 51.9 Å². The summed E-state index contributed by atoms with van der Waals surface area (Å²) in [7, 11) is 0. The Hall–Kier alpha value is 0.940. The first-order chi connectivity index (χ1) is 9.76. The van der Waals surface area contributed by atoms with Gasteiger partial charge in [0, 0.05) is 5.25 Å². The molecular formula is C15H28OS4. The number of thioether (sulfide) groups is 3. The third-order valence-corrected chi connectivity index (χ3v) is 7.73. The van der Waals surface area contributed by atoms with Gasteiger partial charge in [-0.05, 0) is 49.9 Å². The number of unbranched alkanes of at least 4 members (excludes halogenated alkanes) is 3. The van der Waals surface area contributed by atoms with E-state index in [1.165, 1.54) is 56.5 Å². The highest BCUT2D eigenvalue weighted by molar-refractivity contribution is 8.23. The molecule has 0 aromatic carbocycles. The molecule has 0 aromatic heterocycles. The lowest BCUT2D eigenvalue weighted by Crippen LogP contribution is -2.16. The van der Waals surface area contributed by atoms with E-state index in [1.54, 1.807) is 11.8 Å². The molecule has 1 unspecified atom stereocenters. The summed E-state index contributed by atoms with van der Waals surface area (Å²) in [6.07, 6.45) is 9.30. The van der Waals surface area contributed by atoms with Gasteiger partial charge in [0.15, 0.2) is 0 Å². The van der Waals surface area contributed by atoms with Gasteiger partial charge in [0.05, 0.1) is 11.2 Å². The van der Waals surface area contributed by atoms with E-state index in [2.05, 4.69) is 30.4 Å². The van der Waals surface area contributed by atoms with Gasteiger partial charge in [-0.1, -0.05) is 44.4 Å². The van der Waals surface area contributed by atoms with Crippen LogP contribution in [0.4, 0.5) is 0 Å². The highest BCUT2D eigenvalue weighted by Crippen LogP contribution is 2.37. The smallest absolute Gasteiger partial charge is 0.220 e. The van der Waals surface area contributed by atoms with Crippen molar-refractivity contribution in [3.05, 3.63) is 0 Å². The summed E-state index contributed by atoms with van der Waals surface area (Å²) in [6, 6.07) is 0. The minimum Gasteiger partial charge on any atom is -0.479 e. The molecule has 0 aromatic rings. The summed E-state index contributed by atoms with van der Waals surface area (Å²) in [5.41, 5.74) is 0. The Bertz CT molecular complexity index is 254. The van der Waals surface area contributed by atoms with Crippen LogP contribution in [-0.4, -0.2) is 32.3 Å². The van der Waals surface area contributed by atoms with Gasteiger partial charge in [-0.3, -0.25) is 0 Å². The van der Waals surface area contributed by atoms with Gasteiger partial charge in [-0.2, -0.15) is 0 Å². The van der Waals surface area contributed by atoms with Crippen LogP contribution in [0.3, 0.4) is 0 Å². The summed E-state index contributed by atoms with van der Waals surface area (Å²) in [5, 5.41) is 0.647. The SMILES string of the molecule is CCCCCCC(CC1SCCCS1)SC(=S)OCC. The van der Waals surface area contributed by atoms with Crippen molar-refractivity contribution in [2.24, 2.45) is 0 Å². The lowest BCUT2D eigenvalue weighted by Gasteiger charge is -2.25. The van der Waals surface area contributed by atoms with Gasteiger partial charge < -0.3 is 4.74 Å². The van der Waals surface area contributed by atoms with E-state index in [0.717, 1.165) is 8.96 Å². The quantitative estimate of drug-likeness (QED) is 0.372. The van der Waals surface area contributed by atoms with Crippen LogP contribution in [0.1, 0.15) is 58.8 Å². The normalized spacial score (nSPS) is 17.9. The molecule has 1 fully saturated rings. The third kappa shape index (κ3) is 9.06. The molecule has 0 radical (unpaired) electrons. The maximum Gasteiger partial charge on any atom is 0.220 e. The molecule has 0 bridgehead atoms. The molecule has 0 saturated carbocycles. The second kappa shape index (κ2) is 12.5. The molecule has 5 heteroatoms. The molecule has 1 rings (SSSR count). The molecule has 1 atom stereocenters. The Labute approximate surface area is 143 Å². The van der Waals surface area contributed by atoms with Crippen LogP contribution in [0.5, 0.6) is 0 Å². The minimum atomic E-state index is 0.647.